The van der Waals surface area contributed by atoms with Crippen LogP contribution in [0.3, 0.4) is 0 Å². The summed E-state index contributed by atoms with van der Waals surface area (Å²) < 4.78 is 4.93. The SMILES string of the molecule is COc1ccc(NC(=O)CCCCCN)c([N+](=O)[O-])c1. The van der Waals surface area contributed by atoms with Gasteiger partial charge in [0.2, 0.25) is 5.91 Å². The molecule has 1 aromatic rings. The number of hydrogen-bond donors (Lipinski definition) is 2. The molecule has 0 atom stereocenters. The zero-order valence-corrected chi connectivity index (χ0v) is 11.4. The number of nitrogens with zero attached hydrogens (tertiary/aromatic N) is 1. The highest BCUT2D eigenvalue weighted by atomic mass is 16.6. The number of nitrogens with one attached hydrogen (secondary N) is 1. The molecule has 0 aromatic heterocycles. The van der Waals surface area contributed by atoms with Crippen LogP contribution in [0.15, 0.2) is 18.2 Å². The maximum Gasteiger partial charge on any atom is 0.296 e. The fourth-order valence-electron chi connectivity index (χ4n) is 1.71. The van der Waals surface area contributed by atoms with Crippen molar-refractivity contribution in [2.24, 2.45) is 5.73 Å². The van der Waals surface area contributed by atoms with Crippen LogP contribution < -0.4 is 15.8 Å². The predicted octanol–water partition coefficient (Wildman–Crippen LogP) is 2.06. The zero-order chi connectivity index (χ0) is 15.0. The predicted molar refractivity (Wildman–Crippen MR) is 75.8 cm³/mol. The van der Waals surface area contributed by atoms with Gasteiger partial charge in [-0.1, -0.05) is 6.42 Å². The largest absolute Gasteiger partial charge is 0.496 e. The molecule has 1 rings (SSSR count). The second kappa shape index (κ2) is 8.11. The van der Waals surface area contributed by atoms with Crippen molar-refractivity contribution in [2.45, 2.75) is 25.7 Å². The van der Waals surface area contributed by atoms with E-state index in [1.807, 2.05) is 0 Å². The summed E-state index contributed by atoms with van der Waals surface area (Å²) in [6.45, 7) is 0.603. The van der Waals surface area contributed by atoms with Gasteiger partial charge in [0.05, 0.1) is 18.1 Å². The molecule has 7 heteroatoms. The first kappa shape index (κ1) is 15.9. The molecule has 0 bridgehead atoms. The third-order valence-corrected chi connectivity index (χ3v) is 2.78. The Hall–Kier alpha value is -2.15. The summed E-state index contributed by atoms with van der Waals surface area (Å²) in [4.78, 5) is 22.1. The summed E-state index contributed by atoms with van der Waals surface area (Å²) in [5, 5.41) is 13.5. The van der Waals surface area contributed by atoms with E-state index < -0.39 is 4.92 Å². The van der Waals surface area contributed by atoms with Gasteiger partial charge in [-0.2, -0.15) is 0 Å². The van der Waals surface area contributed by atoms with Crippen molar-refractivity contribution in [3.8, 4) is 5.75 Å². The van der Waals surface area contributed by atoms with Crippen LogP contribution >= 0.6 is 0 Å². The van der Waals surface area contributed by atoms with Crippen LogP contribution in [0.5, 0.6) is 5.75 Å². The number of nitro benzene ring substituents is 1. The molecule has 0 heterocycles. The number of methoxy groups -OCH3 is 1. The molecule has 0 saturated carbocycles. The number of anilines is 1. The van der Waals surface area contributed by atoms with Crippen molar-refractivity contribution < 1.29 is 14.5 Å². The molecule has 0 aliphatic carbocycles. The quantitative estimate of drug-likeness (QED) is 0.431. The van der Waals surface area contributed by atoms with E-state index in [-0.39, 0.29) is 17.3 Å². The topological polar surface area (TPSA) is 107 Å². The van der Waals surface area contributed by atoms with Crippen LogP contribution in [0, 0.1) is 10.1 Å². The molecule has 110 valence electrons. The Kier molecular flexibility index (Phi) is 6.45. The van der Waals surface area contributed by atoms with Gasteiger partial charge in [0, 0.05) is 6.42 Å². The molecular weight excluding hydrogens is 262 g/mol. The lowest BCUT2D eigenvalue weighted by Gasteiger charge is -2.07. The van der Waals surface area contributed by atoms with Crippen molar-refractivity contribution in [1.82, 2.24) is 0 Å². The molecule has 0 unspecified atom stereocenters. The third-order valence-electron chi connectivity index (χ3n) is 2.78. The maximum absolute atomic E-state index is 11.7. The standard InChI is InChI=1S/C13H19N3O4/c1-20-10-6-7-11(12(9-10)16(18)19)15-13(17)5-3-2-4-8-14/h6-7,9H,2-5,8,14H2,1H3,(H,15,17). The van der Waals surface area contributed by atoms with Crippen LogP contribution in [0.4, 0.5) is 11.4 Å². The summed E-state index contributed by atoms with van der Waals surface area (Å²) in [5.74, 6) is 0.132. The highest BCUT2D eigenvalue weighted by molar-refractivity contribution is 5.93. The van der Waals surface area contributed by atoms with Crippen molar-refractivity contribution in [3.63, 3.8) is 0 Å². The van der Waals surface area contributed by atoms with Gasteiger partial charge in [-0.05, 0) is 31.5 Å². The number of rotatable bonds is 8. The van der Waals surface area contributed by atoms with Crippen molar-refractivity contribution in [1.29, 1.82) is 0 Å². The zero-order valence-electron chi connectivity index (χ0n) is 11.4. The van der Waals surface area contributed by atoms with Gasteiger partial charge in [0.1, 0.15) is 11.4 Å². The molecular formula is C13H19N3O4. The number of ether oxygens (including phenoxy) is 1. The minimum atomic E-state index is -0.549. The number of benzene rings is 1. The number of hydrogen-bond acceptors (Lipinski definition) is 5. The highest BCUT2D eigenvalue weighted by Crippen LogP contribution is 2.29. The Bertz CT molecular complexity index is 477. The molecule has 0 fully saturated rings. The number of amides is 1. The molecule has 0 radical (unpaired) electrons. The minimum absolute atomic E-state index is 0.180. The highest BCUT2D eigenvalue weighted by Gasteiger charge is 2.16. The van der Waals surface area contributed by atoms with E-state index in [1.54, 1.807) is 6.07 Å². The van der Waals surface area contributed by atoms with E-state index >= 15 is 0 Å². The molecule has 0 aliphatic rings. The Morgan fingerprint density at radius 1 is 1.40 bits per heavy atom. The summed E-state index contributed by atoms with van der Waals surface area (Å²) in [7, 11) is 1.43. The summed E-state index contributed by atoms with van der Waals surface area (Å²) >= 11 is 0. The minimum Gasteiger partial charge on any atom is -0.496 e. The van der Waals surface area contributed by atoms with E-state index in [0.29, 0.717) is 25.1 Å². The Balaban J connectivity index is 2.66. The van der Waals surface area contributed by atoms with Crippen LogP contribution in [-0.4, -0.2) is 24.5 Å². The van der Waals surface area contributed by atoms with Gasteiger partial charge in [-0.15, -0.1) is 0 Å². The van der Waals surface area contributed by atoms with Gasteiger partial charge in [0.15, 0.2) is 0 Å². The van der Waals surface area contributed by atoms with Crippen molar-refractivity contribution in [2.75, 3.05) is 19.0 Å². The number of carbonyl (C=O) groups excluding carboxylic acids is 1. The second-order valence-corrected chi connectivity index (χ2v) is 4.29. The molecule has 3 N–H and O–H groups in total. The van der Waals surface area contributed by atoms with Crippen molar-refractivity contribution >= 4 is 17.3 Å². The Morgan fingerprint density at radius 3 is 2.75 bits per heavy atom. The molecule has 20 heavy (non-hydrogen) atoms. The number of unbranched alkanes of at least 4 members (excludes halogenated alkanes) is 2. The first-order valence-electron chi connectivity index (χ1n) is 6.41. The van der Waals surface area contributed by atoms with E-state index in [4.69, 9.17) is 10.5 Å². The van der Waals surface area contributed by atoms with Gasteiger partial charge in [0.25, 0.3) is 5.69 Å². The lowest BCUT2D eigenvalue weighted by molar-refractivity contribution is -0.384. The monoisotopic (exact) mass is 281 g/mol. The smallest absolute Gasteiger partial charge is 0.296 e. The molecule has 1 amide bonds. The average Bonchev–Trinajstić information content (AvgIpc) is 2.43. The van der Waals surface area contributed by atoms with Gasteiger partial charge in [-0.25, -0.2) is 0 Å². The molecule has 7 nitrogen and oxygen atoms in total. The van der Waals surface area contributed by atoms with Gasteiger partial charge >= 0.3 is 0 Å². The second-order valence-electron chi connectivity index (χ2n) is 4.29. The fraction of sp³-hybridized carbons (Fsp3) is 0.462. The summed E-state index contributed by atoms with van der Waals surface area (Å²) in [6.07, 6.45) is 2.78. The Labute approximate surface area is 117 Å². The third kappa shape index (κ3) is 4.85. The maximum atomic E-state index is 11.7. The number of carbonyl (C=O) groups is 1. The first-order valence-corrected chi connectivity index (χ1v) is 6.41. The molecule has 0 spiro atoms. The summed E-state index contributed by atoms with van der Waals surface area (Å²) in [5.41, 5.74) is 5.36. The summed E-state index contributed by atoms with van der Waals surface area (Å²) in [6, 6.07) is 4.32. The van der Waals surface area contributed by atoms with Crippen LogP contribution in [0.25, 0.3) is 0 Å². The van der Waals surface area contributed by atoms with Crippen LogP contribution in [0.1, 0.15) is 25.7 Å². The molecule has 1 aromatic carbocycles. The van der Waals surface area contributed by atoms with Gasteiger partial charge in [-0.3, -0.25) is 14.9 Å². The van der Waals surface area contributed by atoms with Crippen molar-refractivity contribution in [3.05, 3.63) is 28.3 Å². The van der Waals surface area contributed by atoms with E-state index in [9.17, 15) is 14.9 Å². The normalized spacial score (nSPS) is 10.1. The van der Waals surface area contributed by atoms with Crippen LogP contribution in [0.2, 0.25) is 0 Å². The number of nitrogens with two attached hydrogens (primary N) is 1. The Morgan fingerprint density at radius 2 is 2.15 bits per heavy atom. The first-order chi connectivity index (χ1) is 9.58. The molecule has 0 aliphatic heterocycles. The lowest BCUT2D eigenvalue weighted by Crippen LogP contribution is -2.12. The average molecular weight is 281 g/mol. The van der Waals surface area contributed by atoms with Gasteiger partial charge < -0.3 is 15.8 Å². The van der Waals surface area contributed by atoms with Crippen LogP contribution in [-0.2, 0) is 4.79 Å². The van der Waals surface area contributed by atoms with E-state index in [2.05, 4.69) is 5.32 Å². The lowest BCUT2D eigenvalue weighted by atomic mass is 10.2. The van der Waals surface area contributed by atoms with E-state index in [0.717, 1.165) is 12.8 Å². The molecule has 0 saturated heterocycles. The fourth-order valence-corrected chi connectivity index (χ4v) is 1.71. The van der Waals surface area contributed by atoms with E-state index in [1.165, 1.54) is 19.2 Å². The number of nitro groups is 1.